The molecule has 8 nitrogen and oxygen atoms in total. The Morgan fingerprint density at radius 3 is 2.69 bits per heavy atom. The Hall–Kier alpha value is -2.72. The van der Waals surface area contributed by atoms with E-state index in [9.17, 15) is 14.7 Å². The molecule has 3 rings (SSSR count). The highest BCUT2D eigenvalue weighted by molar-refractivity contribution is 9.10. The van der Waals surface area contributed by atoms with E-state index in [0.29, 0.717) is 38.9 Å². The minimum Gasteiger partial charge on any atom is -0.493 e. The molecule has 0 bridgehead atoms. The van der Waals surface area contributed by atoms with Crippen LogP contribution in [0.4, 0.5) is 0 Å². The van der Waals surface area contributed by atoms with Gasteiger partial charge in [-0.15, -0.1) is 0 Å². The molecule has 0 radical (unpaired) electrons. The van der Waals surface area contributed by atoms with Crippen LogP contribution in [-0.4, -0.2) is 40.2 Å². The van der Waals surface area contributed by atoms with Gasteiger partial charge >= 0.3 is 5.97 Å². The van der Waals surface area contributed by atoms with Crippen molar-refractivity contribution >= 4 is 54.9 Å². The number of nitrogens with zero attached hydrogens (tertiary/aromatic N) is 3. The van der Waals surface area contributed by atoms with Gasteiger partial charge in [0.05, 0.1) is 24.2 Å². The predicted octanol–water partition coefficient (Wildman–Crippen LogP) is 4.62. The normalized spacial score (nSPS) is 12.3. The van der Waals surface area contributed by atoms with Crippen LogP contribution in [0.1, 0.15) is 31.7 Å². The molecule has 0 aliphatic carbocycles. The maximum atomic E-state index is 13.2. The molecule has 0 aliphatic rings. The molecule has 0 spiro atoms. The predicted molar refractivity (Wildman–Crippen MR) is 129 cm³/mol. The summed E-state index contributed by atoms with van der Waals surface area (Å²) in [6.45, 7) is 3.41. The summed E-state index contributed by atoms with van der Waals surface area (Å²) in [5, 5.41) is 14.1. The van der Waals surface area contributed by atoms with Crippen molar-refractivity contribution in [2.75, 3.05) is 7.11 Å². The molecule has 168 valence electrons. The quantitative estimate of drug-likeness (QED) is 0.399. The van der Waals surface area contributed by atoms with E-state index in [4.69, 9.17) is 9.47 Å². The molecule has 32 heavy (non-hydrogen) atoms. The number of rotatable bonds is 8. The molecule has 0 amide bonds. The monoisotopic (exact) mass is 565 g/mol. The largest absolute Gasteiger partial charge is 0.493 e. The number of hydrogen-bond acceptors (Lipinski definition) is 6. The van der Waals surface area contributed by atoms with Crippen LogP contribution in [-0.2, 0) is 11.2 Å². The first-order valence-corrected chi connectivity index (χ1v) is 11.4. The molecule has 2 aromatic carbocycles. The number of hydrogen-bond donors (Lipinski definition) is 1. The zero-order valence-corrected chi connectivity index (χ0v) is 20.8. The first-order valence-electron chi connectivity index (χ1n) is 9.77. The van der Waals surface area contributed by atoms with E-state index < -0.39 is 12.1 Å². The summed E-state index contributed by atoms with van der Waals surface area (Å²) in [5.41, 5.74) is 0.726. The van der Waals surface area contributed by atoms with Gasteiger partial charge in [-0.05, 0) is 43.7 Å². The zero-order chi connectivity index (χ0) is 23.4. The van der Waals surface area contributed by atoms with Crippen molar-refractivity contribution in [2.24, 2.45) is 5.10 Å². The smallest absolute Gasteiger partial charge is 0.344 e. The number of carbonyl (C=O) groups is 1. The average molecular weight is 567 g/mol. The summed E-state index contributed by atoms with van der Waals surface area (Å²) in [4.78, 5) is 29.1. The van der Waals surface area contributed by atoms with Gasteiger partial charge in [-0.25, -0.2) is 9.78 Å². The van der Waals surface area contributed by atoms with E-state index in [1.54, 1.807) is 24.3 Å². The molecule has 0 saturated heterocycles. The Balaban J connectivity index is 2.17. The third kappa shape index (κ3) is 5.18. The fraction of sp³-hybridized carbons (Fsp3) is 0.273. The lowest BCUT2D eigenvalue weighted by atomic mass is 10.2. The molecular formula is C22H21Br2N3O5. The van der Waals surface area contributed by atoms with Gasteiger partial charge in [-0.3, -0.25) is 4.79 Å². The summed E-state index contributed by atoms with van der Waals surface area (Å²) < 4.78 is 13.7. The van der Waals surface area contributed by atoms with Crippen molar-refractivity contribution in [3.63, 3.8) is 0 Å². The van der Waals surface area contributed by atoms with Crippen molar-refractivity contribution in [3.8, 4) is 11.5 Å². The maximum Gasteiger partial charge on any atom is 0.344 e. The molecular weight excluding hydrogens is 546 g/mol. The topological polar surface area (TPSA) is 103 Å². The molecule has 0 fully saturated rings. The van der Waals surface area contributed by atoms with Gasteiger partial charge in [0.15, 0.2) is 17.6 Å². The highest BCUT2D eigenvalue weighted by Crippen LogP contribution is 2.35. The van der Waals surface area contributed by atoms with Crippen LogP contribution < -0.4 is 15.0 Å². The number of aliphatic carboxylic acids is 1. The van der Waals surface area contributed by atoms with Crippen LogP contribution in [0, 0.1) is 0 Å². The van der Waals surface area contributed by atoms with Crippen LogP contribution in [0.3, 0.4) is 0 Å². The van der Waals surface area contributed by atoms with E-state index in [1.165, 1.54) is 24.9 Å². The van der Waals surface area contributed by atoms with Gasteiger partial charge in [0.1, 0.15) is 5.82 Å². The SMILES string of the molecule is CCCc1nc2ccc(Br)cc2c(=O)n1N=Cc1cc(Br)cc(OC)c1O[C@H](C)C(=O)O. The second-order valence-corrected chi connectivity index (χ2v) is 8.76. The van der Waals surface area contributed by atoms with E-state index in [0.717, 1.165) is 10.9 Å². The second-order valence-electron chi connectivity index (χ2n) is 6.93. The zero-order valence-electron chi connectivity index (χ0n) is 17.6. The van der Waals surface area contributed by atoms with Crippen LogP contribution in [0.2, 0.25) is 0 Å². The first kappa shape index (κ1) is 23.9. The first-order chi connectivity index (χ1) is 15.2. The highest BCUT2D eigenvalue weighted by atomic mass is 79.9. The third-order valence-electron chi connectivity index (χ3n) is 4.57. The van der Waals surface area contributed by atoms with E-state index in [2.05, 4.69) is 41.9 Å². The number of halogens is 2. The van der Waals surface area contributed by atoms with Crippen molar-refractivity contribution < 1.29 is 19.4 Å². The number of aromatic nitrogens is 2. The lowest BCUT2D eigenvalue weighted by Gasteiger charge is -2.16. The maximum absolute atomic E-state index is 13.2. The molecule has 1 atom stereocenters. The highest BCUT2D eigenvalue weighted by Gasteiger charge is 2.19. The molecule has 0 unspecified atom stereocenters. The van der Waals surface area contributed by atoms with Crippen molar-refractivity contribution in [3.05, 3.63) is 61.0 Å². The second kappa shape index (κ2) is 10.3. The number of fused-ring (bicyclic) bond motifs is 1. The minimum absolute atomic E-state index is 0.205. The van der Waals surface area contributed by atoms with Gasteiger partial charge in [0.25, 0.3) is 5.56 Å². The molecule has 3 aromatic rings. The summed E-state index contributed by atoms with van der Waals surface area (Å²) in [5.74, 6) is -0.0675. The number of benzene rings is 2. The molecule has 0 aliphatic heterocycles. The van der Waals surface area contributed by atoms with E-state index in [-0.39, 0.29) is 11.3 Å². The summed E-state index contributed by atoms with van der Waals surface area (Å²) in [6, 6.07) is 8.68. The molecule has 0 saturated carbocycles. The third-order valence-corrected chi connectivity index (χ3v) is 5.52. The molecule has 1 N–H and O–H groups in total. The Morgan fingerprint density at radius 2 is 2.03 bits per heavy atom. The van der Waals surface area contributed by atoms with Crippen LogP contribution >= 0.6 is 31.9 Å². The van der Waals surface area contributed by atoms with E-state index in [1.807, 2.05) is 13.0 Å². The lowest BCUT2D eigenvalue weighted by molar-refractivity contribution is -0.144. The molecule has 1 aromatic heterocycles. The Bertz CT molecular complexity index is 1260. The minimum atomic E-state index is -1.12. The number of carboxylic acid groups (broad SMARTS) is 1. The van der Waals surface area contributed by atoms with Crippen LogP contribution in [0.15, 0.2) is 49.2 Å². The van der Waals surface area contributed by atoms with Crippen molar-refractivity contribution in [2.45, 2.75) is 32.8 Å². The van der Waals surface area contributed by atoms with Gasteiger partial charge in [0.2, 0.25) is 0 Å². The van der Waals surface area contributed by atoms with Gasteiger partial charge in [-0.1, -0.05) is 38.8 Å². The van der Waals surface area contributed by atoms with Crippen molar-refractivity contribution in [1.82, 2.24) is 9.66 Å². The van der Waals surface area contributed by atoms with Gasteiger partial charge in [0, 0.05) is 20.9 Å². The number of carboxylic acids is 1. The number of methoxy groups -OCH3 is 1. The van der Waals surface area contributed by atoms with E-state index >= 15 is 0 Å². The molecule has 1 heterocycles. The van der Waals surface area contributed by atoms with Crippen LogP contribution in [0.25, 0.3) is 10.9 Å². The summed E-state index contributed by atoms with van der Waals surface area (Å²) in [6.07, 6.45) is 1.65. The fourth-order valence-corrected chi connectivity index (χ4v) is 3.82. The standard InChI is InChI=1S/C22H21Br2N3O5/c1-4-5-19-26-17-7-6-14(23)9-16(17)21(28)27(19)25-11-13-8-15(24)10-18(31-3)20(13)32-12(2)22(29)30/h6-12H,4-5H2,1-3H3,(H,29,30)/t12-/m1/s1. The Kier molecular flexibility index (Phi) is 7.68. The van der Waals surface area contributed by atoms with Crippen LogP contribution in [0.5, 0.6) is 11.5 Å². The molecule has 10 heteroatoms. The number of aryl methyl sites for hydroxylation is 1. The van der Waals surface area contributed by atoms with Gasteiger partial charge in [-0.2, -0.15) is 9.78 Å². The Labute approximate surface area is 201 Å². The van der Waals surface area contributed by atoms with Crippen molar-refractivity contribution in [1.29, 1.82) is 0 Å². The lowest BCUT2D eigenvalue weighted by Crippen LogP contribution is -2.24. The van der Waals surface area contributed by atoms with Gasteiger partial charge < -0.3 is 14.6 Å². The fourth-order valence-electron chi connectivity index (χ4n) is 3.01. The Morgan fingerprint density at radius 1 is 1.28 bits per heavy atom. The summed E-state index contributed by atoms with van der Waals surface area (Å²) in [7, 11) is 1.45. The average Bonchev–Trinajstić information content (AvgIpc) is 2.75. The number of ether oxygens (including phenoxy) is 2. The summed E-state index contributed by atoms with van der Waals surface area (Å²) >= 11 is 6.79.